The molecule has 218 valence electrons. The van der Waals surface area contributed by atoms with E-state index in [0.29, 0.717) is 12.8 Å². The minimum atomic E-state index is -0.00353. The van der Waals surface area contributed by atoms with E-state index in [2.05, 4.69) is 56.5 Å². The Morgan fingerprint density at radius 1 is 0.550 bits per heavy atom. The van der Waals surface area contributed by atoms with Gasteiger partial charge in [-0.3, -0.25) is 9.59 Å². The van der Waals surface area contributed by atoms with Crippen molar-refractivity contribution < 1.29 is 9.59 Å². The zero-order valence-corrected chi connectivity index (χ0v) is 25.6. The Kier molecular flexibility index (Phi) is 15.2. The van der Waals surface area contributed by atoms with Gasteiger partial charge in [0.15, 0.2) is 10.2 Å². The van der Waals surface area contributed by atoms with E-state index in [1.165, 1.54) is 60.8 Å². The number of unbranched alkanes of at least 4 members (excludes halogenated alkanes) is 8. The van der Waals surface area contributed by atoms with Crippen molar-refractivity contribution in [1.82, 2.24) is 19.1 Å². The SMILES string of the molecule is O=C(S)CCCCCCCc1cc(CCn2ccnc2)c(CCn2ccnc2)cc1CCCCCCCC(=O)S. The Hall–Kier alpha value is -2.32. The lowest BCUT2D eigenvalue weighted by molar-refractivity contribution is -0.111. The van der Waals surface area contributed by atoms with Crippen molar-refractivity contribution in [3.05, 3.63) is 71.8 Å². The minimum absolute atomic E-state index is 0.00353. The summed E-state index contributed by atoms with van der Waals surface area (Å²) in [4.78, 5) is 30.6. The van der Waals surface area contributed by atoms with Gasteiger partial charge in [-0.1, -0.05) is 50.7 Å². The van der Waals surface area contributed by atoms with Crippen LogP contribution >= 0.6 is 25.3 Å². The number of imidazole rings is 2. The van der Waals surface area contributed by atoms with E-state index < -0.39 is 0 Å². The summed E-state index contributed by atoms with van der Waals surface area (Å²) in [5.74, 6) is 0. The van der Waals surface area contributed by atoms with Crippen molar-refractivity contribution in [2.75, 3.05) is 0 Å². The largest absolute Gasteiger partial charge is 0.337 e. The lowest BCUT2D eigenvalue weighted by atomic mass is 9.89. The van der Waals surface area contributed by atoms with Crippen LogP contribution in [-0.2, 0) is 48.4 Å². The van der Waals surface area contributed by atoms with Crippen molar-refractivity contribution in [2.24, 2.45) is 0 Å². The molecule has 0 N–H and O–H groups in total. The summed E-state index contributed by atoms with van der Waals surface area (Å²) >= 11 is 7.76. The van der Waals surface area contributed by atoms with Gasteiger partial charge in [-0.05, 0) is 73.6 Å². The second kappa shape index (κ2) is 18.9. The second-order valence-corrected chi connectivity index (χ2v) is 11.8. The molecule has 2 aromatic heterocycles. The number of benzene rings is 1. The summed E-state index contributed by atoms with van der Waals surface area (Å²) in [5.41, 5.74) is 5.88. The number of hydrogen-bond donors (Lipinski definition) is 2. The molecule has 8 heteroatoms. The van der Waals surface area contributed by atoms with Crippen LogP contribution in [0.2, 0.25) is 0 Å². The monoisotopic (exact) mass is 582 g/mol. The first-order valence-electron chi connectivity index (χ1n) is 15.0. The van der Waals surface area contributed by atoms with Gasteiger partial charge in [0.05, 0.1) is 12.7 Å². The van der Waals surface area contributed by atoms with Crippen molar-refractivity contribution >= 4 is 35.5 Å². The van der Waals surface area contributed by atoms with Crippen molar-refractivity contribution in [3.63, 3.8) is 0 Å². The average Bonchev–Trinajstić information content (AvgIpc) is 3.65. The van der Waals surface area contributed by atoms with Crippen LogP contribution in [0.3, 0.4) is 0 Å². The van der Waals surface area contributed by atoms with Crippen LogP contribution < -0.4 is 0 Å². The lowest BCUT2D eigenvalue weighted by Crippen LogP contribution is -2.08. The van der Waals surface area contributed by atoms with E-state index in [1.807, 2.05) is 37.4 Å². The fraction of sp³-hybridized carbons (Fsp3) is 0.562. The molecule has 3 aromatic rings. The van der Waals surface area contributed by atoms with Gasteiger partial charge in [-0.15, -0.1) is 25.3 Å². The summed E-state index contributed by atoms with van der Waals surface area (Å²) in [6, 6.07) is 4.99. The van der Waals surface area contributed by atoms with E-state index in [1.54, 1.807) is 0 Å². The first-order valence-corrected chi connectivity index (χ1v) is 15.9. The highest BCUT2D eigenvalue weighted by Gasteiger charge is 2.12. The van der Waals surface area contributed by atoms with Gasteiger partial charge in [0.1, 0.15) is 0 Å². The van der Waals surface area contributed by atoms with Crippen LogP contribution in [0.15, 0.2) is 49.6 Å². The Labute approximate surface area is 251 Å². The Bertz CT molecular complexity index is 1040. The number of carbonyl (C=O) groups is 2. The zero-order chi connectivity index (χ0) is 28.4. The third-order valence-corrected chi connectivity index (χ3v) is 8.04. The molecule has 0 radical (unpaired) electrons. The predicted molar refractivity (Wildman–Crippen MR) is 169 cm³/mol. The summed E-state index contributed by atoms with van der Waals surface area (Å²) in [7, 11) is 0. The van der Waals surface area contributed by atoms with E-state index in [9.17, 15) is 9.59 Å². The van der Waals surface area contributed by atoms with Crippen LogP contribution in [0.4, 0.5) is 0 Å². The van der Waals surface area contributed by atoms with Gasteiger partial charge in [0.25, 0.3) is 0 Å². The third-order valence-electron chi connectivity index (χ3n) is 7.59. The molecule has 1 aromatic carbocycles. The third kappa shape index (κ3) is 12.9. The van der Waals surface area contributed by atoms with E-state index in [-0.39, 0.29) is 10.2 Å². The van der Waals surface area contributed by atoms with Crippen LogP contribution in [-0.4, -0.2) is 29.3 Å². The quantitative estimate of drug-likeness (QED) is 0.0968. The molecule has 0 unspecified atom stereocenters. The number of aryl methyl sites for hydroxylation is 6. The Morgan fingerprint density at radius 3 is 1.30 bits per heavy atom. The van der Waals surface area contributed by atoms with Crippen molar-refractivity contribution in [2.45, 2.75) is 116 Å². The number of aromatic nitrogens is 4. The van der Waals surface area contributed by atoms with Crippen LogP contribution in [0, 0.1) is 0 Å². The fourth-order valence-corrected chi connectivity index (χ4v) is 5.62. The molecular formula is C32H46N4O2S2. The highest BCUT2D eigenvalue weighted by Crippen LogP contribution is 2.24. The second-order valence-electron chi connectivity index (χ2n) is 10.8. The highest BCUT2D eigenvalue weighted by molar-refractivity contribution is 7.96. The molecule has 0 saturated heterocycles. The summed E-state index contributed by atoms with van der Waals surface area (Å²) in [5, 5.41) is -0.00706. The zero-order valence-electron chi connectivity index (χ0n) is 23.8. The molecule has 3 rings (SSSR count). The minimum Gasteiger partial charge on any atom is -0.337 e. The van der Waals surface area contributed by atoms with Crippen molar-refractivity contribution in [1.29, 1.82) is 0 Å². The van der Waals surface area contributed by atoms with Gasteiger partial charge in [-0.25, -0.2) is 9.97 Å². The summed E-state index contributed by atoms with van der Waals surface area (Å²) in [6.45, 7) is 1.85. The molecule has 2 heterocycles. The van der Waals surface area contributed by atoms with Gasteiger partial charge in [0.2, 0.25) is 0 Å². The molecule has 6 nitrogen and oxygen atoms in total. The number of carbonyl (C=O) groups excluding carboxylic acids is 2. The highest BCUT2D eigenvalue weighted by atomic mass is 32.1. The lowest BCUT2D eigenvalue weighted by Gasteiger charge is -2.18. The summed E-state index contributed by atoms with van der Waals surface area (Å²) < 4.78 is 4.31. The first-order chi connectivity index (χ1) is 19.5. The molecule has 40 heavy (non-hydrogen) atoms. The molecule has 0 bridgehead atoms. The number of thiol groups is 2. The molecule has 0 aliphatic rings. The van der Waals surface area contributed by atoms with E-state index >= 15 is 0 Å². The van der Waals surface area contributed by atoms with Crippen LogP contribution in [0.1, 0.15) is 99.3 Å². The maximum Gasteiger partial charge on any atom is 0.185 e. The Balaban J connectivity index is 1.66. The van der Waals surface area contributed by atoms with Crippen LogP contribution in [0.25, 0.3) is 0 Å². The molecule has 0 amide bonds. The number of hydrogen-bond acceptors (Lipinski definition) is 4. The maximum absolute atomic E-state index is 11.1. The first kappa shape index (κ1) is 32.2. The van der Waals surface area contributed by atoms with Gasteiger partial charge >= 0.3 is 0 Å². The topological polar surface area (TPSA) is 69.8 Å². The molecular weight excluding hydrogens is 537 g/mol. The van der Waals surface area contributed by atoms with Gasteiger partial charge in [-0.2, -0.15) is 0 Å². The number of rotatable bonds is 22. The molecule has 0 saturated carbocycles. The molecule has 0 fully saturated rings. The standard InChI is InChI=1S/C32H46N4O2S2/c37-31(39)13-9-5-1-3-7-11-27-23-29(15-19-35-21-17-33-25-35)30(16-20-36-22-18-34-26-36)24-28(27)12-8-4-2-6-10-14-32(38)40/h17-18,21-26H,1-16,19-20H2,(H,37,39)(H,38,40). The van der Waals surface area contributed by atoms with Crippen molar-refractivity contribution in [3.8, 4) is 0 Å². The number of nitrogens with zero attached hydrogens (tertiary/aromatic N) is 4. The fourth-order valence-electron chi connectivity index (χ4n) is 5.30. The normalized spacial score (nSPS) is 11.2. The molecule has 0 aliphatic heterocycles. The van der Waals surface area contributed by atoms with E-state index in [4.69, 9.17) is 0 Å². The van der Waals surface area contributed by atoms with Gasteiger partial charge in [0, 0.05) is 50.7 Å². The molecule has 0 spiro atoms. The van der Waals surface area contributed by atoms with Crippen LogP contribution in [0.5, 0.6) is 0 Å². The Morgan fingerprint density at radius 2 is 0.925 bits per heavy atom. The molecule has 0 aliphatic carbocycles. The smallest absolute Gasteiger partial charge is 0.185 e. The molecule has 0 atom stereocenters. The average molecular weight is 583 g/mol. The van der Waals surface area contributed by atoms with E-state index in [0.717, 1.165) is 64.5 Å². The predicted octanol–water partition coefficient (Wildman–Crippen LogP) is 7.24. The summed E-state index contributed by atoms with van der Waals surface area (Å²) in [6.07, 6.45) is 28.1. The van der Waals surface area contributed by atoms with Gasteiger partial charge < -0.3 is 9.13 Å². The maximum atomic E-state index is 11.1.